The second-order valence-electron chi connectivity index (χ2n) is 4.94. The van der Waals surface area contributed by atoms with Gasteiger partial charge in [-0.15, -0.1) is 11.3 Å². The molecule has 5 nitrogen and oxygen atoms in total. The van der Waals surface area contributed by atoms with Crippen LogP contribution in [-0.4, -0.2) is 26.8 Å². The number of nitrogens with zero attached hydrogens (tertiary/aromatic N) is 2. The van der Waals surface area contributed by atoms with Gasteiger partial charge in [0.25, 0.3) is 5.56 Å². The molecule has 3 rings (SSSR count). The standard InChI is InChI=1S/C13H15N3O2S2/c1-7(10(17)14-8-3-4-8)20-13-15-11-9(5-6-19-11)12(18)16(13)2/h5-8H,3-4H2,1-2H3,(H,14,17)/t7-/m0/s1. The monoisotopic (exact) mass is 309 g/mol. The number of hydrogen-bond donors (Lipinski definition) is 1. The lowest BCUT2D eigenvalue weighted by atomic mass is 10.4. The van der Waals surface area contributed by atoms with Gasteiger partial charge in [-0.25, -0.2) is 4.98 Å². The van der Waals surface area contributed by atoms with E-state index >= 15 is 0 Å². The number of hydrogen-bond acceptors (Lipinski definition) is 5. The van der Waals surface area contributed by atoms with Crippen molar-refractivity contribution in [3.63, 3.8) is 0 Å². The highest BCUT2D eigenvalue weighted by molar-refractivity contribution is 8.00. The third-order valence-electron chi connectivity index (χ3n) is 3.24. The number of carbonyl (C=O) groups excluding carboxylic acids is 1. The smallest absolute Gasteiger partial charge is 0.262 e. The Kier molecular flexibility index (Phi) is 3.55. The summed E-state index contributed by atoms with van der Waals surface area (Å²) in [5.74, 6) is 0.0121. The maximum absolute atomic E-state index is 12.2. The molecular weight excluding hydrogens is 294 g/mol. The summed E-state index contributed by atoms with van der Waals surface area (Å²) in [5.41, 5.74) is -0.0615. The molecule has 20 heavy (non-hydrogen) atoms. The molecular formula is C13H15N3O2S2. The summed E-state index contributed by atoms with van der Waals surface area (Å²) in [5, 5.41) is 5.79. The maximum Gasteiger partial charge on any atom is 0.262 e. The molecule has 1 atom stereocenters. The van der Waals surface area contributed by atoms with Gasteiger partial charge in [0.2, 0.25) is 5.91 Å². The quantitative estimate of drug-likeness (QED) is 0.690. The van der Waals surface area contributed by atoms with Crippen LogP contribution in [0.4, 0.5) is 0 Å². The van der Waals surface area contributed by atoms with Crippen LogP contribution in [0.1, 0.15) is 19.8 Å². The van der Waals surface area contributed by atoms with E-state index in [0.29, 0.717) is 16.6 Å². The molecule has 2 aromatic rings. The van der Waals surface area contributed by atoms with Crippen molar-refractivity contribution in [1.82, 2.24) is 14.9 Å². The molecule has 1 N–H and O–H groups in total. The number of fused-ring (bicyclic) bond motifs is 1. The number of thiophene rings is 1. The SMILES string of the molecule is C[C@H](Sc1nc2sccc2c(=O)n1C)C(=O)NC1CC1. The van der Waals surface area contributed by atoms with E-state index in [9.17, 15) is 9.59 Å². The number of carbonyl (C=O) groups is 1. The van der Waals surface area contributed by atoms with Gasteiger partial charge in [0.15, 0.2) is 5.16 Å². The van der Waals surface area contributed by atoms with Crippen LogP contribution in [0.25, 0.3) is 10.2 Å². The van der Waals surface area contributed by atoms with Crippen molar-refractivity contribution < 1.29 is 4.79 Å². The highest BCUT2D eigenvalue weighted by Crippen LogP contribution is 2.25. The fraction of sp³-hybridized carbons (Fsp3) is 0.462. The van der Waals surface area contributed by atoms with E-state index in [0.717, 1.165) is 17.7 Å². The van der Waals surface area contributed by atoms with Gasteiger partial charge in [-0.2, -0.15) is 0 Å². The Balaban J connectivity index is 1.84. The van der Waals surface area contributed by atoms with Gasteiger partial charge >= 0.3 is 0 Å². The highest BCUT2D eigenvalue weighted by Gasteiger charge is 2.26. The van der Waals surface area contributed by atoms with Crippen molar-refractivity contribution in [2.24, 2.45) is 7.05 Å². The number of amides is 1. The van der Waals surface area contributed by atoms with Crippen LogP contribution >= 0.6 is 23.1 Å². The van der Waals surface area contributed by atoms with Gasteiger partial charge < -0.3 is 5.32 Å². The van der Waals surface area contributed by atoms with Crippen LogP contribution in [0.3, 0.4) is 0 Å². The van der Waals surface area contributed by atoms with E-state index in [1.54, 1.807) is 13.1 Å². The first-order valence-electron chi connectivity index (χ1n) is 6.47. The zero-order valence-electron chi connectivity index (χ0n) is 11.3. The Morgan fingerprint density at radius 2 is 2.35 bits per heavy atom. The molecule has 1 saturated carbocycles. The third-order valence-corrected chi connectivity index (χ3v) is 5.19. The largest absolute Gasteiger partial charge is 0.352 e. The predicted octanol–water partition coefficient (Wildman–Crippen LogP) is 1.75. The molecule has 1 fully saturated rings. The van der Waals surface area contributed by atoms with E-state index in [1.807, 2.05) is 12.3 Å². The van der Waals surface area contributed by atoms with Gasteiger partial charge in [0.1, 0.15) is 4.83 Å². The van der Waals surface area contributed by atoms with E-state index < -0.39 is 0 Å². The Morgan fingerprint density at radius 3 is 3.05 bits per heavy atom. The fourth-order valence-corrected chi connectivity index (χ4v) is 3.53. The first-order chi connectivity index (χ1) is 9.56. The molecule has 1 aliphatic rings. The van der Waals surface area contributed by atoms with Crippen LogP contribution in [0, 0.1) is 0 Å². The van der Waals surface area contributed by atoms with Crippen molar-refractivity contribution in [3.8, 4) is 0 Å². The molecule has 0 bridgehead atoms. The molecule has 0 aliphatic heterocycles. The topological polar surface area (TPSA) is 64.0 Å². The predicted molar refractivity (Wildman–Crippen MR) is 81.3 cm³/mol. The summed E-state index contributed by atoms with van der Waals surface area (Å²) >= 11 is 2.77. The molecule has 106 valence electrons. The van der Waals surface area contributed by atoms with Crippen molar-refractivity contribution >= 4 is 39.2 Å². The zero-order chi connectivity index (χ0) is 14.3. The summed E-state index contributed by atoms with van der Waals surface area (Å²) in [4.78, 5) is 29.3. The van der Waals surface area contributed by atoms with Gasteiger partial charge in [-0.3, -0.25) is 14.2 Å². The summed E-state index contributed by atoms with van der Waals surface area (Å²) in [7, 11) is 1.69. The molecule has 7 heteroatoms. The van der Waals surface area contributed by atoms with Crippen LogP contribution in [0.15, 0.2) is 21.4 Å². The number of nitrogens with one attached hydrogen (secondary N) is 1. The van der Waals surface area contributed by atoms with Crippen LogP contribution in [0.2, 0.25) is 0 Å². The van der Waals surface area contributed by atoms with Crippen molar-refractivity contribution in [2.75, 3.05) is 0 Å². The van der Waals surface area contributed by atoms with E-state index in [-0.39, 0.29) is 16.7 Å². The number of thioether (sulfide) groups is 1. The first-order valence-corrected chi connectivity index (χ1v) is 8.23. The van der Waals surface area contributed by atoms with Gasteiger partial charge in [0, 0.05) is 13.1 Å². The fourth-order valence-electron chi connectivity index (χ4n) is 1.84. The minimum atomic E-state index is -0.258. The Bertz CT molecular complexity index is 718. The van der Waals surface area contributed by atoms with E-state index in [2.05, 4.69) is 10.3 Å². The number of rotatable bonds is 4. The molecule has 0 aromatic carbocycles. The highest BCUT2D eigenvalue weighted by atomic mass is 32.2. The maximum atomic E-state index is 12.2. The molecule has 0 spiro atoms. The normalized spacial score (nSPS) is 16.3. The Hall–Kier alpha value is -1.34. The van der Waals surface area contributed by atoms with E-state index in [4.69, 9.17) is 0 Å². The van der Waals surface area contributed by atoms with Crippen molar-refractivity contribution in [1.29, 1.82) is 0 Å². The summed E-state index contributed by atoms with van der Waals surface area (Å²) in [6, 6.07) is 2.13. The van der Waals surface area contributed by atoms with Gasteiger partial charge in [0.05, 0.1) is 10.6 Å². The molecule has 0 radical (unpaired) electrons. The third kappa shape index (κ3) is 2.60. The minimum Gasteiger partial charge on any atom is -0.352 e. The second-order valence-corrected chi connectivity index (χ2v) is 7.14. The average molecular weight is 309 g/mol. The Labute approximate surface area is 124 Å². The average Bonchev–Trinajstić information content (AvgIpc) is 3.10. The lowest BCUT2D eigenvalue weighted by Gasteiger charge is -2.13. The van der Waals surface area contributed by atoms with Gasteiger partial charge in [-0.1, -0.05) is 11.8 Å². The summed E-state index contributed by atoms with van der Waals surface area (Å²) < 4.78 is 1.51. The molecule has 2 aromatic heterocycles. The Morgan fingerprint density at radius 1 is 1.60 bits per heavy atom. The first kappa shape index (κ1) is 13.6. The lowest BCUT2D eigenvalue weighted by molar-refractivity contribution is -0.120. The minimum absolute atomic E-state index is 0.0121. The van der Waals surface area contributed by atoms with Crippen molar-refractivity contribution in [3.05, 3.63) is 21.8 Å². The van der Waals surface area contributed by atoms with Crippen LogP contribution in [-0.2, 0) is 11.8 Å². The summed E-state index contributed by atoms with van der Waals surface area (Å²) in [6.45, 7) is 1.84. The number of aromatic nitrogens is 2. The van der Waals surface area contributed by atoms with Crippen molar-refractivity contribution in [2.45, 2.75) is 36.2 Å². The second kappa shape index (κ2) is 5.21. The van der Waals surface area contributed by atoms with Gasteiger partial charge in [-0.05, 0) is 31.2 Å². The molecule has 1 amide bonds. The zero-order valence-corrected chi connectivity index (χ0v) is 12.9. The van der Waals surface area contributed by atoms with E-state index in [1.165, 1.54) is 27.7 Å². The van der Waals surface area contributed by atoms with Crippen LogP contribution < -0.4 is 10.9 Å². The molecule has 0 unspecified atom stereocenters. The molecule has 0 saturated heterocycles. The summed E-state index contributed by atoms with van der Waals surface area (Å²) in [6.07, 6.45) is 2.14. The van der Waals surface area contributed by atoms with Crippen LogP contribution in [0.5, 0.6) is 0 Å². The molecule has 1 aliphatic carbocycles. The molecule has 2 heterocycles. The lowest BCUT2D eigenvalue weighted by Crippen LogP contribution is -2.33.